The van der Waals surface area contributed by atoms with Gasteiger partial charge < -0.3 is 9.80 Å². The first-order chi connectivity index (χ1) is 10.3. The Morgan fingerprint density at radius 2 is 1.48 bits per heavy atom. The Bertz CT molecular complexity index is 652. The van der Waals surface area contributed by atoms with Gasteiger partial charge in [0.05, 0.1) is 17.3 Å². The molecule has 0 bridgehead atoms. The fourth-order valence-electron chi connectivity index (χ4n) is 2.66. The molecule has 1 aliphatic rings. The zero-order chi connectivity index (χ0) is 14.7. The van der Waals surface area contributed by atoms with E-state index < -0.39 is 0 Å². The molecule has 0 atom stereocenters. The van der Waals surface area contributed by atoms with Crippen molar-refractivity contribution < 1.29 is 4.39 Å². The number of anilines is 2. The number of rotatable bonds is 2. The predicted molar refractivity (Wildman–Crippen MR) is 82.0 cm³/mol. The van der Waals surface area contributed by atoms with Crippen molar-refractivity contribution in [2.24, 2.45) is 0 Å². The highest BCUT2D eigenvalue weighted by molar-refractivity contribution is 5.53. The van der Waals surface area contributed by atoms with Crippen LogP contribution in [0.4, 0.5) is 15.8 Å². The molecule has 1 saturated heterocycles. The SMILES string of the molecule is N#Cc1ccc(N2CCN(c3ccccc3F)CC2)cc1. The minimum atomic E-state index is -0.163. The Labute approximate surface area is 123 Å². The third-order valence-electron chi connectivity index (χ3n) is 3.83. The summed E-state index contributed by atoms with van der Waals surface area (Å²) < 4.78 is 13.8. The molecule has 0 unspecified atom stereocenters. The molecule has 4 heteroatoms. The number of hydrogen-bond acceptors (Lipinski definition) is 3. The highest BCUT2D eigenvalue weighted by Crippen LogP contribution is 2.22. The van der Waals surface area contributed by atoms with Crippen LogP contribution in [0.5, 0.6) is 0 Å². The lowest BCUT2D eigenvalue weighted by Gasteiger charge is -2.37. The van der Waals surface area contributed by atoms with E-state index in [0.717, 1.165) is 31.9 Å². The van der Waals surface area contributed by atoms with E-state index in [4.69, 9.17) is 5.26 Å². The van der Waals surface area contributed by atoms with E-state index in [0.29, 0.717) is 11.3 Å². The molecule has 1 heterocycles. The second-order valence-corrected chi connectivity index (χ2v) is 5.08. The van der Waals surface area contributed by atoms with Gasteiger partial charge in [-0.2, -0.15) is 5.26 Å². The quantitative estimate of drug-likeness (QED) is 0.847. The molecule has 0 spiro atoms. The van der Waals surface area contributed by atoms with Crippen LogP contribution < -0.4 is 9.80 Å². The Morgan fingerprint density at radius 3 is 2.10 bits per heavy atom. The van der Waals surface area contributed by atoms with Crippen LogP contribution in [0.1, 0.15) is 5.56 Å². The van der Waals surface area contributed by atoms with E-state index in [2.05, 4.69) is 15.9 Å². The number of nitrogens with zero attached hydrogens (tertiary/aromatic N) is 3. The van der Waals surface area contributed by atoms with E-state index in [1.807, 2.05) is 36.4 Å². The Balaban J connectivity index is 1.67. The summed E-state index contributed by atoms with van der Waals surface area (Å²) in [5, 5.41) is 8.82. The predicted octanol–water partition coefficient (Wildman–Crippen LogP) is 3.02. The zero-order valence-corrected chi connectivity index (χ0v) is 11.7. The second kappa shape index (κ2) is 5.84. The van der Waals surface area contributed by atoms with Crippen LogP contribution in [0.3, 0.4) is 0 Å². The molecule has 0 N–H and O–H groups in total. The minimum absolute atomic E-state index is 0.163. The molecule has 3 nitrogen and oxygen atoms in total. The van der Waals surface area contributed by atoms with Crippen LogP contribution >= 0.6 is 0 Å². The average Bonchev–Trinajstić information content (AvgIpc) is 2.56. The van der Waals surface area contributed by atoms with Crippen molar-refractivity contribution in [2.75, 3.05) is 36.0 Å². The van der Waals surface area contributed by atoms with Gasteiger partial charge in [0.25, 0.3) is 0 Å². The molecule has 0 amide bonds. The molecule has 1 aliphatic heterocycles. The molecular weight excluding hydrogens is 265 g/mol. The van der Waals surface area contributed by atoms with Gasteiger partial charge in [-0.05, 0) is 36.4 Å². The van der Waals surface area contributed by atoms with Crippen molar-refractivity contribution in [1.82, 2.24) is 0 Å². The first-order valence-corrected chi connectivity index (χ1v) is 7.02. The first kappa shape index (κ1) is 13.4. The molecule has 0 aliphatic carbocycles. The van der Waals surface area contributed by atoms with E-state index in [1.54, 1.807) is 6.07 Å². The zero-order valence-electron chi connectivity index (χ0n) is 11.7. The summed E-state index contributed by atoms with van der Waals surface area (Å²) in [6.07, 6.45) is 0. The maximum absolute atomic E-state index is 13.8. The van der Waals surface area contributed by atoms with Gasteiger partial charge >= 0.3 is 0 Å². The van der Waals surface area contributed by atoms with Gasteiger partial charge in [0.15, 0.2) is 0 Å². The molecule has 0 aromatic heterocycles. The van der Waals surface area contributed by atoms with E-state index in [-0.39, 0.29) is 5.82 Å². The minimum Gasteiger partial charge on any atom is -0.368 e. The van der Waals surface area contributed by atoms with Gasteiger partial charge in [-0.25, -0.2) is 4.39 Å². The van der Waals surface area contributed by atoms with Gasteiger partial charge in [0.1, 0.15) is 5.82 Å². The molecule has 106 valence electrons. The van der Waals surface area contributed by atoms with Crippen LogP contribution in [-0.4, -0.2) is 26.2 Å². The number of nitriles is 1. The van der Waals surface area contributed by atoms with Crippen LogP contribution in [-0.2, 0) is 0 Å². The summed E-state index contributed by atoms with van der Waals surface area (Å²) in [5.41, 5.74) is 2.46. The summed E-state index contributed by atoms with van der Waals surface area (Å²) in [5.74, 6) is -0.163. The number of piperazine rings is 1. The van der Waals surface area contributed by atoms with E-state index >= 15 is 0 Å². The maximum Gasteiger partial charge on any atom is 0.146 e. The third kappa shape index (κ3) is 2.82. The summed E-state index contributed by atoms with van der Waals surface area (Å²) in [6, 6.07) is 16.6. The smallest absolute Gasteiger partial charge is 0.146 e. The molecule has 21 heavy (non-hydrogen) atoms. The molecule has 3 rings (SSSR count). The van der Waals surface area contributed by atoms with Crippen molar-refractivity contribution in [3.05, 3.63) is 59.9 Å². The third-order valence-corrected chi connectivity index (χ3v) is 3.83. The standard InChI is InChI=1S/C17H16FN3/c18-16-3-1-2-4-17(16)21-11-9-20(10-12-21)15-7-5-14(13-19)6-8-15/h1-8H,9-12H2. The van der Waals surface area contributed by atoms with Gasteiger partial charge in [-0.3, -0.25) is 0 Å². The van der Waals surface area contributed by atoms with Crippen molar-refractivity contribution in [2.45, 2.75) is 0 Å². The van der Waals surface area contributed by atoms with Crippen molar-refractivity contribution >= 4 is 11.4 Å². The van der Waals surface area contributed by atoms with Crippen LogP contribution in [0.2, 0.25) is 0 Å². The van der Waals surface area contributed by atoms with Gasteiger partial charge in [0.2, 0.25) is 0 Å². The highest BCUT2D eigenvalue weighted by atomic mass is 19.1. The normalized spacial score (nSPS) is 14.9. The summed E-state index contributed by atoms with van der Waals surface area (Å²) in [7, 11) is 0. The Morgan fingerprint density at radius 1 is 0.857 bits per heavy atom. The monoisotopic (exact) mass is 281 g/mol. The van der Waals surface area contributed by atoms with Crippen LogP contribution in [0.15, 0.2) is 48.5 Å². The fraction of sp³-hybridized carbons (Fsp3) is 0.235. The second-order valence-electron chi connectivity index (χ2n) is 5.08. The van der Waals surface area contributed by atoms with Crippen molar-refractivity contribution in [3.8, 4) is 6.07 Å². The highest BCUT2D eigenvalue weighted by Gasteiger charge is 2.19. The Hall–Kier alpha value is -2.54. The van der Waals surface area contributed by atoms with E-state index in [1.165, 1.54) is 6.07 Å². The Kier molecular flexibility index (Phi) is 3.74. The number of para-hydroxylation sites is 1. The number of hydrogen-bond donors (Lipinski definition) is 0. The van der Waals surface area contributed by atoms with Crippen LogP contribution in [0, 0.1) is 17.1 Å². The lowest BCUT2D eigenvalue weighted by Crippen LogP contribution is -2.46. The summed E-state index contributed by atoms with van der Waals surface area (Å²) in [4.78, 5) is 4.34. The first-order valence-electron chi connectivity index (χ1n) is 7.02. The van der Waals surface area contributed by atoms with Crippen molar-refractivity contribution in [3.63, 3.8) is 0 Å². The lowest BCUT2D eigenvalue weighted by molar-refractivity contribution is 0.598. The lowest BCUT2D eigenvalue weighted by atomic mass is 10.2. The van der Waals surface area contributed by atoms with Crippen molar-refractivity contribution in [1.29, 1.82) is 5.26 Å². The van der Waals surface area contributed by atoms with Gasteiger partial charge in [-0.1, -0.05) is 12.1 Å². The summed E-state index contributed by atoms with van der Waals surface area (Å²) >= 11 is 0. The topological polar surface area (TPSA) is 30.3 Å². The average molecular weight is 281 g/mol. The maximum atomic E-state index is 13.8. The summed E-state index contributed by atoms with van der Waals surface area (Å²) in [6.45, 7) is 3.28. The molecule has 0 saturated carbocycles. The largest absolute Gasteiger partial charge is 0.368 e. The van der Waals surface area contributed by atoms with E-state index in [9.17, 15) is 4.39 Å². The molecule has 0 radical (unpaired) electrons. The molecule has 2 aromatic rings. The number of benzene rings is 2. The van der Waals surface area contributed by atoms with Gasteiger partial charge in [-0.15, -0.1) is 0 Å². The molecule has 1 fully saturated rings. The molecule has 2 aromatic carbocycles. The van der Waals surface area contributed by atoms with Gasteiger partial charge in [0, 0.05) is 31.9 Å². The fourth-order valence-corrected chi connectivity index (χ4v) is 2.66. The number of halogens is 1. The molecular formula is C17H16FN3. The van der Waals surface area contributed by atoms with Crippen LogP contribution in [0.25, 0.3) is 0 Å².